The second kappa shape index (κ2) is 8.41. The van der Waals surface area contributed by atoms with Gasteiger partial charge in [-0.15, -0.1) is 0 Å². The highest BCUT2D eigenvalue weighted by atomic mass is 79.9. The lowest BCUT2D eigenvalue weighted by atomic mass is 9.87. The van der Waals surface area contributed by atoms with Gasteiger partial charge < -0.3 is 14.1 Å². The van der Waals surface area contributed by atoms with Crippen LogP contribution in [-0.2, 0) is 20.0 Å². The summed E-state index contributed by atoms with van der Waals surface area (Å²) < 4.78 is 39.2. The fourth-order valence-corrected chi connectivity index (χ4v) is 4.99. The molecule has 2 aromatic carbocycles. The van der Waals surface area contributed by atoms with Crippen LogP contribution in [0.3, 0.4) is 0 Å². The molecule has 0 amide bonds. The molecular formula is C23H25BrN2O4S. The van der Waals surface area contributed by atoms with Crippen molar-refractivity contribution >= 4 is 31.7 Å². The first-order chi connectivity index (χ1) is 14.7. The molecule has 2 heterocycles. The number of rotatable bonds is 4. The molecule has 0 atom stereocenters. The van der Waals surface area contributed by atoms with Gasteiger partial charge in [0.25, 0.3) is 0 Å². The van der Waals surface area contributed by atoms with Crippen LogP contribution >= 0.6 is 15.9 Å². The Morgan fingerprint density at radius 1 is 0.968 bits per heavy atom. The highest BCUT2D eigenvalue weighted by molar-refractivity contribution is 9.10. The third kappa shape index (κ3) is 4.56. The summed E-state index contributed by atoms with van der Waals surface area (Å²) in [7, 11) is -3.86. The van der Waals surface area contributed by atoms with Crippen molar-refractivity contribution in [2.75, 3.05) is 31.2 Å². The zero-order chi connectivity index (χ0) is 22.2. The summed E-state index contributed by atoms with van der Waals surface area (Å²) in [5, 5.41) is -0.0633. The van der Waals surface area contributed by atoms with E-state index in [0.29, 0.717) is 26.3 Å². The Morgan fingerprint density at radius 3 is 2.16 bits per heavy atom. The predicted octanol–water partition coefficient (Wildman–Crippen LogP) is 5.07. The standard InChI is InChI=1S/C23H25BrN2O4S/c1-23(2,3)17-6-4-16(5-7-17)20-25-21(22(30-20)26-12-14-29-15-13-26)31(27,28)19-10-8-18(24)9-11-19/h4-11H,12-15H2,1-3H3. The van der Waals surface area contributed by atoms with E-state index >= 15 is 0 Å². The van der Waals surface area contributed by atoms with Crippen molar-refractivity contribution in [3.63, 3.8) is 0 Å². The van der Waals surface area contributed by atoms with E-state index in [1.165, 1.54) is 5.56 Å². The third-order valence-electron chi connectivity index (χ3n) is 5.25. The molecule has 0 N–H and O–H groups in total. The Balaban J connectivity index is 1.80. The van der Waals surface area contributed by atoms with Gasteiger partial charge in [-0.2, -0.15) is 4.98 Å². The van der Waals surface area contributed by atoms with Gasteiger partial charge in [0.1, 0.15) is 0 Å². The van der Waals surface area contributed by atoms with Gasteiger partial charge in [0, 0.05) is 23.1 Å². The van der Waals surface area contributed by atoms with Gasteiger partial charge >= 0.3 is 0 Å². The minimum absolute atomic E-state index is 0.0180. The second-order valence-corrected chi connectivity index (χ2v) is 11.3. The monoisotopic (exact) mass is 504 g/mol. The molecule has 0 spiro atoms. The molecular weight excluding hydrogens is 480 g/mol. The van der Waals surface area contributed by atoms with E-state index in [4.69, 9.17) is 9.15 Å². The first-order valence-corrected chi connectivity index (χ1v) is 12.4. The summed E-state index contributed by atoms with van der Waals surface area (Å²) in [4.78, 5) is 6.53. The maximum absolute atomic E-state index is 13.4. The van der Waals surface area contributed by atoms with E-state index in [1.54, 1.807) is 24.3 Å². The first-order valence-electron chi connectivity index (χ1n) is 10.1. The van der Waals surface area contributed by atoms with Crippen molar-refractivity contribution in [2.24, 2.45) is 0 Å². The molecule has 6 nitrogen and oxygen atoms in total. The number of nitrogens with zero attached hydrogens (tertiary/aromatic N) is 2. The molecule has 0 saturated carbocycles. The molecule has 0 radical (unpaired) electrons. The smallest absolute Gasteiger partial charge is 0.236 e. The SMILES string of the molecule is CC(C)(C)c1ccc(-c2nc(S(=O)(=O)c3ccc(Br)cc3)c(N3CCOCC3)o2)cc1. The van der Waals surface area contributed by atoms with E-state index in [-0.39, 0.29) is 27.1 Å². The van der Waals surface area contributed by atoms with Crippen LogP contribution in [0, 0.1) is 0 Å². The first kappa shape index (κ1) is 22.0. The van der Waals surface area contributed by atoms with Crippen molar-refractivity contribution in [3.8, 4) is 11.5 Å². The van der Waals surface area contributed by atoms with Crippen molar-refractivity contribution in [3.05, 3.63) is 58.6 Å². The number of oxazole rings is 1. The molecule has 1 aromatic heterocycles. The molecule has 1 fully saturated rings. The molecule has 164 valence electrons. The van der Waals surface area contributed by atoms with Gasteiger partial charge in [0.05, 0.1) is 18.1 Å². The van der Waals surface area contributed by atoms with E-state index in [0.717, 1.165) is 10.0 Å². The lowest BCUT2D eigenvalue weighted by Crippen LogP contribution is -2.36. The van der Waals surface area contributed by atoms with Gasteiger partial charge in [-0.25, -0.2) is 8.42 Å². The lowest BCUT2D eigenvalue weighted by molar-refractivity contribution is 0.120. The number of ether oxygens (including phenoxy) is 1. The van der Waals surface area contributed by atoms with Crippen LogP contribution < -0.4 is 4.90 Å². The average molecular weight is 505 g/mol. The molecule has 0 unspecified atom stereocenters. The van der Waals surface area contributed by atoms with Crippen LogP contribution in [0.2, 0.25) is 0 Å². The Labute approximate surface area is 191 Å². The van der Waals surface area contributed by atoms with Crippen molar-refractivity contribution in [1.82, 2.24) is 4.98 Å². The minimum atomic E-state index is -3.86. The Morgan fingerprint density at radius 2 is 1.58 bits per heavy atom. The van der Waals surface area contributed by atoms with E-state index < -0.39 is 9.84 Å². The van der Waals surface area contributed by atoms with Crippen LogP contribution in [0.5, 0.6) is 0 Å². The Bertz CT molecular complexity index is 1160. The molecule has 1 aliphatic rings. The maximum atomic E-state index is 13.4. The molecule has 4 rings (SSSR count). The molecule has 0 bridgehead atoms. The second-order valence-electron chi connectivity index (χ2n) is 8.51. The van der Waals surface area contributed by atoms with Crippen molar-refractivity contribution < 1.29 is 17.6 Å². The Hall–Kier alpha value is -2.16. The number of halogens is 1. The number of aromatic nitrogens is 1. The molecule has 0 aliphatic carbocycles. The zero-order valence-electron chi connectivity index (χ0n) is 17.8. The van der Waals surface area contributed by atoms with Crippen LogP contribution in [0.15, 0.2) is 67.3 Å². The highest BCUT2D eigenvalue weighted by Gasteiger charge is 2.32. The molecule has 1 saturated heterocycles. The van der Waals surface area contributed by atoms with Gasteiger partial charge in [-0.3, -0.25) is 0 Å². The van der Waals surface area contributed by atoms with E-state index in [9.17, 15) is 8.42 Å². The number of sulfone groups is 1. The number of benzene rings is 2. The van der Waals surface area contributed by atoms with Gasteiger partial charge in [0.2, 0.25) is 26.6 Å². The minimum Gasteiger partial charge on any atom is -0.419 e. The third-order valence-corrected chi connectivity index (χ3v) is 7.45. The van der Waals surface area contributed by atoms with Crippen LogP contribution in [-0.4, -0.2) is 39.7 Å². The molecule has 31 heavy (non-hydrogen) atoms. The fraction of sp³-hybridized carbons (Fsp3) is 0.348. The summed E-state index contributed by atoms with van der Waals surface area (Å²) in [6.45, 7) is 8.54. The maximum Gasteiger partial charge on any atom is 0.236 e. The number of morpholine rings is 1. The van der Waals surface area contributed by atoms with Crippen LogP contribution in [0.25, 0.3) is 11.5 Å². The van der Waals surface area contributed by atoms with Gasteiger partial charge in [-0.1, -0.05) is 48.8 Å². The van der Waals surface area contributed by atoms with Crippen molar-refractivity contribution in [1.29, 1.82) is 0 Å². The fourth-order valence-electron chi connectivity index (χ4n) is 3.40. The normalized spacial score (nSPS) is 15.3. The van der Waals surface area contributed by atoms with E-state index in [2.05, 4.69) is 41.7 Å². The van der Waals surface area contributed by atoms with Gasteiger partial charge in [-0.05, 0) is 47.4 Å². The summed E-state index contributed by atoms with van der Waals surface area (Å²) in [5.41, 5.74) is 1.93. The summed E-state index contributed by atoms with van der Waals surface area (Å²) >= 11 is 3.35. The lowest BCUT2D eigenvalue weighted by Gasteiger charge is -2.26. The number of anilines is 1. The number of hydrogen-bond donors (Lipinski definition) is 0. The quantitative estimate of drug-likeness (QED) is 0.493. The largest absolute Gasteiger partial charge is 0.419 e. The van der Waals surface area contributed by atoms with Crippen molar-refractivity contribution in [2.45, 2.75) is 36.1 Å². The topological polar surface area (TPSA) is 72.6 Å². The Kier molecular flexibility index (Phi) is 5.98. The zero-order valence-corrected chi connectivity index (χ0v) is 20.2. The predicted molar refractivity (Wildman–Crippen MR) is 123 cm³/mol. The summed E-state index contributed by atoms with van der Waals surface area (Å²) in [6, 6.07) is 14.4. The van der Waals surface area contributed by atoms with Crippen LogP contribution in [0.4, 0.5) is 5.88 Å². The number of hydrogen-bond acceptors (Lipinski definition) is 6. The molecule has 8 heteroatoms. The highest BCUT2D eigenvalue weighted by Crippen LogP contribution is 2.36. The molecule has 3 aromatic rings. The van der Waals surface area contributed by atoms with Gasteiger partial charge in [0.15, 0.2) is 0 Å². The summed E-state index contributed by atoms with van der Waals surface area (Å²) in [5.74, 6) is 0.554. The average Bonchev–Trinajstić information content (AvgIpc) is 3.21. The summed E-state index contributed by atoms with van der Waals surface area (Å²) in [6.07, 6.45) is 0. The van der Waals surface area contributed by atoms with E-state index in [1.807, 2.05) is 29.2 Å². The molecule has 1 aliphatic heterocycles. The van der Waals surface area contributed by atoms with Crippen LogP contribution in [0.1, 0.15) is 26.3 Å².